The average Bonchev–Trinajstić information content (AvgIpc) is 2.69. The van der Waals surface area contributed by atoms with Crippen molar-refractivity contribution in [3.8, 4) is 0 Å². The van der Waals surface area contributed by atoms with E-state index in [9.17, 15) is 9.59 Å². The maximum absolute atomic E-state index is 11.7. The lowest BCUT2D eigenvalue weighted by Gasteiger charge is -2.18. The second-order valence-electron chi connectivity index (χ2n) is 4.15. The van der Waals surface area contributed by atoms with E-state index in [1.165, 1.54) is 0 Å². The topological polar surface area (TPSA) is 66.8 Å². The quantitative estimate of drug-likeness (QED) is 0.734. The highest BCUT2D eigenvalue weighted by molar-refractivity contribution is 5.76. The molecule has 5 heteroatoms. The van der Waals surface area contributed by atoms with Crippen molar-refractivity contribution in [2.45, 2.75) is 38.2 Å². The van der Waals surface area contributed by atoms with Gasteiger partial charge in [0, 0.05) is 26.6 Å². The van der Waals surface area contributed by atoms with Crippen LogP contribution in [0, 0.1) is 0 Å². The molecule has 16 heavy (non-hydrogen) atoms. The number of nitrogens with zero attached hydrogens (tertiary/aromatic N) is 1. The van der Waals surface area contributed by atoms with E-state index in [4.69, 9.17) is 9.84 Å². The average molecular weight is 229 g/mol. The Morgan fingerprint density at radius 1 is 1.50 bits per heavy atom. The minimum atomic E-state index is -0.819. The van der Waals surface area contributed by atoms with E-state index in [-0.39, 0.29) is 18.4 Å². The Bertz CT molecular complexity index is 248. The molecule has 1 rings (SSSR count). The fourth-order valence-electron chi connectivity index (χ4n) is 1.75. The maximum atomic E-state index is 11.7. The molecule has 0 aliphatic carbocycles. The van der Waals surface area contributed by atoms with Gasteiger partial charge in [-0.25, -0.2) is 0 Å². The zero-order valence-corrected chi connectivity index (χ0v) is 9.65. The molecule has 0 spiro atoms. The van der Waals surface area contributed by atoms with Crippen LogP contribution < -0.4 is 0 Å². The Balaban J connectivity index is 2.16. The minimum Gasteiger partial charge on any atom is -0.481 e. The molecule has 1 fully saturated rings. The van der Waals surface area contributed by atoms with Gasteiger partial charge in [0.2, 0.25) is 5.91 Å². The van der Waals surface area contributed by atoms with Crippen LogP contribution in [0.2, 0.25) is 0 Å². The van der Waals surface area contributed by atoms with E-state index in [2.05, 4.69) is 0 Å². The van der Waals surface area contributed by atoms with Crippen LogP contribution in [0.3, 0.4) is 0 Å². The summed E-state index contributed by atoms with van der Waals surface area (Å²) in [7, 11) is 1.71. The van der Waals surface area contributed by atoms with Gasteiger partial charge in [0.15, 0.2) is 0 Å². The molecule has 0 aromatic heterocycles. The highest BCUT2D eigenvalue weighted by Gasteiger charge is 2.20. The van der Waals surface area contributed by atoms with Gasteiger partial charge in [-0.3, -0.25) is 9.59 Å². The summed E-state index contributed by atoms with van der Waals surface area (Å²) in [5.74, 6) is -0.780. The molecule has 92 valence electrons. The van der Waals surface area contributed by atoms with Crippen LogP contribution in [0.15, 0.2) is 0 Å². The number of ether oxygens (including phenoxy) is 1. The van der Waals surface area contributed by atoms with Crippen molar-refractivity contribution in [2.24, 2.45) is 0 Å². The van der Waals surface area contributed by atoms with Crippen molar-refractivity contribution in [3.05, 3.63) is 0 Å². The standard InChI is InChI=1S/C11H19NO4/c1-12(6-2-5-11(14)15)10(13)8-9-4-3-7-16-9/h9H,2-8H2,1H3,(H,14,15). The molecule has 1 atom stereocenters. The van der Waals surface area contributed by atoms with Crippen molar-refractivity contribution >= 4 is 11.9 Å². The van der Waals surface area contributed by atoms with Gasteiger partial charge in [0.05, 0.1) is 12.5 Å². The van der Waals surface area contributed by atoms with E-state index in [0.29, 0.717) is 19.4 Å². The molecule has 0 aromatic carbocycles. The molecule has 1 heterocycles. The predicted octanol–water partition coefficient (Wildman–Crippen LogP) is 0.879. The van der Waals surface area contributed by atoms with Crippen LogP contribution in [0.1, 0.15) is 32.1 Å². The summed E-state index contributed by atoms with van der Waals surface area (Å²) in [5.41, 5.74) is 0. The number of hydrogen-bond donors (Lipinski definition) is 1. The van der Waals surface area contributed by atoms with Crippen LogP contribution in [-0.2, 0) is 14.3 Å². The van der Waals surface area contributed by atoms with Crippen LogP contribution >= 0.6 is 0 Å². The second-order valence-corrected chi connectivity index (χ2v) is 4.15. The largest absolute Gasteiger partial charge is 0.481 e. The molecule has 1 aliphatic rings. The number of carbonyl (C=O) groups is 2. The molecule has 0 bridgehead atoms. The normalized spacial score (nSPS) is 19.7. The first-order valence-corrected chi connectivity index (χ1v) is 5.67. The molecular weight excluding hydrogens is 210 g/mol. The Kier molecular flexibility index (Phi) is 5.25. The van der Waals surface area contributed by atoms with Gasteiger partial charge in [-0.15, -0.1) is 0 Å². The predicted molar refractivity (Wildman–Crippen MR) is 58.1 cm³/mol. The Morgan fingerprint density at radius 2 is 2.25 bits per heavy atom. The summed E-state index contributed by atoms with van der Waals surface area (Å²) >= 11 is 0. The van der Waals surface area contributed by atoms with Gasteiger partial charge in [0.25, 0.3) is 0 Å². The SMILES string of the molecule is CN(CCCC(=O)O)C(=O)CC1CCCO1. The summed E-state index contributed by atoms with van der Waals surface area (Å²) in [4.78, 5) is 23.6. The van der Waals surface area contributed by atoms with Crippen LogP contribution in [0.4, 0.5) is 0 Å². The van der Waals surface area contributed by atoms with E-state index < -0.39 is 5.97 Å². The monoisotopic (exact) mass is 229 g/mol. The Hall–Kier alpha value is -1.10. The van der Waals surface area contributed by atoms with Crippen molar-refractivity contribution < 1.29 is 19.4 Å². The third-order valence-corrected chi connectivity index (χ3v) is 2.74. The zero-order valence-electron chi connectivity index (χ0n) is 9.65. The third-order valence-electron chi connectivity index (χ3n) is 2.74. The van der Waals surface area contributed by atoms with Crippen molar-refractivity contribution in [3.63, 3.8) is 0 Å². The summed E-state index contributed by atoms with van der Waals surface area (Å²) in [6.45, 7) is 1.25. The number of amides is 1. The fourth-order valence-corrected chi connectivity index (χ4v) is 1.75. The second kappa shape index (κ2) is 6.48. The molecule has 5 nitrogen and oxygen atoms in total. The highest BCUT2D eigenvalue weighted by atomic mass is 16.5. The molecule has 0 saturated carbocycles. The van der Waals surface area contributed by atoms with Gasteiger partial charge in [-0.2, -0.15) is 0 Å². The molecule has 0 radical (unpaired) electrons. The van der Waals surface area contributed by atoms with Crippen molar-refractivity contribution in [2.75, 3.05) is 20.2 Å². The number of rotatable bonds is 6. The minimum absolute atomic E-state index is 0.0392. The van der Waals surface area contributed by atoms with E-state index in [0.717, 1.165) is 19.4 Å². The lowest BCUT2D eigenvalue weighted by Crippen LogP contribution is -2.30. The van der Waals surface area contributed by atoms with E-state index >= 15 is 0 Å². The summed E-state index contributed by atoms with van der Waals surface area (Å²) in [5, 5.41) is 8.47. The molecule has 1 unspecified atom stereocenters. The van der Waals surface area contributed by atoms with Crippen molar-refractivity contribution in [1.82, 2.24) is 4.90 Å². The first-order chi connectivity index (χ1) is 7.59. The summed E-state index contributed by atoms with van der Waals surface area (Å²) in [6, 6.07) is 0. The van der Waals surface area contributed by atoms with Gasteiger partial charge < -0.3 is 14.7 Å². The first kappa shape index (κ1) is 13.0. The summed E-state index contributed by atoms with van der Waals surface area (Å²) < 4.78 is 5.37. The highest BCUT2D eigenvalue weighted by Crippen LogP contribution is 2.16. The number of carbonyl (C=O) groups excluding carboxylic acids is 1. The molecule has 1 aliphatic heterocycles. The van der Waals surface area contributed by atoms with Gasteiger partial charge in [-0.1, -0.05) is 0 Å². The maximum Gasteiger partial charge on any atom is 0.303 e. The van der Waals surface area contributed by atoms with Gasteiger partial charge in [0.1, 0.15) is 0 Å². The smallest absolute Gasteiger partial charge is 0.303 e. The van der Waals surface area contributed by atoms with E-state index in [1.807, 2.05) is 0 Å². The van der Waals surface area contributed by atoms with Crippen LogP contribution in [-0.4, -0.2) is 48.2 Å². The van der Waals surface area contributed by atoms with Crippen LogP contribution in [0.5, 0.6) is 0 Å². The lowest BCUT2D eigenvalue weighted by molar-refractivity contribution is -0.138. The summed E-state index contributed by atoms with van der Waals surface area (Å²) in [6.07, 6.45) is 3.08. The number of aliphatic carboxylic acids is 1. The van der Waals surface area contributed by atoms with Gasteiger partial charge in [-0.05, 0) is 19.3 Å². The third kappa shape index (κ3) is 4.61. The molecule has 1 amide bonds. The number of carboxylic acids is 1. The molecular formula is C11H19NO4. The zero-order chi connectivity index (χ0) is 12.0. The van der Waals surface area contributed by atoms with Crippen LogP contribution in [0.25, 0.3) is 0 Å². The number of carboxylic acid groups (broad SMARTS) is 1. The van der Waals surface area contributed by atoms with Crippen molar-refractivity contribution in [1.29, 1.82) is 0 Å². The molecule has 0 aromatic rings. The first-order valence-electron chi connectivity index (χ1n) is 5.67. The Morgan fingerprint density at radius 3 is 2.81 bits per heavy atom. The molecule has 1 saturated heterocycles. The number of hydrogen-bond acceptors (Lipinski definition) is 3. The van der Waals surface area contributed by atoms with Gasteiger partial charge >= 0.3 is 5.97 Å². The molecule has 1 N–H and O–H groups in total. The van der Waals surface area contributed by atoms with E-state index in [1.54, 1.807) is 11.9 Å². The lowest BCUT2D eigenvalue weighted by atomic mass is 10.1. The fraction of sp³-hybridized carbons (Fsp3) is 0.818. The Labute approximate surface area is 95.4 Å².